The third-order valence-electron chi connectivity index (χ3n) is 2.49. The molecule has 102 valence electrons. The normalized spacial score (nSPS) is 12.7. The first-order chi connectivity index (χ1) is 9.04. The molecule has 19 heavy (non-hydrogen) atoms. The van der Waals surface area contributed by atoms with Crippen molar-refractivity contribution in [3.63, 3.8) is 0 Å². The molecule has 0 fully saturated rings. The number of aliphatic hydroxyl groups excluding tert-OH is 1. The zero-order chi connectivity index (χ0) is 13.8. The second kappa shape index (κ2) is 6.32. The summed E-state index contributed by atoms with van der Waals surface area (Å²) in [5, 5.41) is 10.1. The van der Waals surface area contributed by atoms with Crippen molar-refractivity contribution in [3.8, 4) is 5.75 Å². The number of ether oxygens (including phenoxy) is 1. The van der Waals surface area contributed by atoms with E-state index in [0.717, 1.165) is 4.88 Å². The minimum atomic E-state index is -2.87. The summed E-state index contributed by atoms with van der Waals surface area (Å²) in [5.74, 6) is 0.0377. The van der Waals surface area contributed by atoms with Gasteiger partial charge in [0, 0.05) is 11.3 Å². The van der Waals surface area contributed by atoms with Gasteiger partial charge in [0.25, 0.3) is 0 Å². The van der Waals surface area contributed by atoms with Crippen LogP contribution in [0.25, 0.3) is 0 Å². The van der Waals surface area contributed by atoms with E-state index in [-0.39, 0.29) is 5.75 Å². The molecule has 2 nitrogen and oxygen atoms in total. The molecular weight excluding hydrogens is 294 g/mol. The molecule has 0 aliphatic carbocycles. The van der Waals surface area contributed by atoms with Crippen molar-refractivity contribution in [2.75, 3.05) is 0 Å². The first-order valence-electron chi connectivity index (χ1n) is 5.51. The van der Waals surface area contributed by atoms with Crippen LogP contribution in [0.3, 0.4) is 0 Å². The highest BCUT2D eigenvalue weighted by atomic mass is 35.5. The Morgan fingerprint density at radius 2 is 2.05 bits per heavy atom. The number of aliphatic hydroxyl groups is 1. The number of rotatable bonds is 5. The van der Waals surface area contributed by atoms with Gasteiger partial charge in [-0.05, 0) is 29.8 Å². The van der Waals surface area contributed by atoms with E-state index >= 15 is 0 Å². The molecule has 6 heteroatoms. The molecule has 0 spiro atoms. The molecule has 0 saturated heterocycles. The summed E-state index contributed by atoms with van der Waals surface area (Å²) in [4.78, 5) is 0.928. The SMILES string of the molecule is OC(Cc1ccc(Cl)s1)c1cccc(OC(F)F)c1. The van der Waals surface area contributed by atoms with Crippen LogP contribution in [0.5, 0.6) is 5.75 Å². The Morgan fingerprint density at radius 1 is 1.26 bits per heavy atom. The van der Waals surface area contributed by atoms with Crippen LogP contribution in [0.4, 0.5) is 8.78 Å². The van der Waals surface area contributed by atoms with E-state index in [0.29, 0.717) is 16.3 Å². The van der Waals surface area contributed by atoms with Crippen LogP contribution in [0.2, 0.25) is 4.34 Å². The van der Waals surface area contributed by atoms with E-state index in [4.69, 9.17) is 11.6 Å². The average Bonchev–Trinajstić information content (AvgIpc) is 2.74. The fourth-order valence-electron chi connectivity index (χ4n) is 1.67. The molecule has 1 aromatic carbocycles. The maximum Gasteiger partial charge on any atom is 0.387 e. The van der Waals surface area contributed by atoms with Gasteiger partial charge < -0.3 is 9.84 Å². The molecule has 0 aliphatic heterocycles. The topological polar surface area (TPSA) is 29.5 Å². The van der Waals surface area contributed by atoms with Gasteiger partial charge in [0.05, 0.1) is 10.4 Å². The van der Waals surface area contributed by atoms with Crippen molar-refractivity contribution in [2.24, 2.45) is 0 Å². The molecular formula is C13H11ClF2O2S. The molecule has 1 atom stereocenters. The van der Waals surface area contributed by atoms with Crippen LogP contribution in [0, 0.1) is 0 Å². The van der Waals surface area contributed by atoms with Gasteiger partial charge >= 0.3 is 6.61 Å². The van der Waals surface area contributed by atoms with E-state index in [1.807, 2.05) is 6.07 Å². The summed E-state index contributed by atoms with van der Waals surface area (Å²) in [6, 6.07) is 9.65. The number of thiophene rings is 1. The highest BCUT2D eigenvalue weighted by Crippen LogP contribution is 2.28. The Morgan fingerprint density at radius 3 is 2.68 bits per heavy atom. The van der Waals surface area contributed by atoms with E-state index < -0.39 is 12.7 Å². The fraction of sp³-hybridized carbons (Fsp3) is 0.231. The third kappa shape index (κ3) is 4.16. The molecule has 1 aromatic heterocycles. The molecule has 1 N–H and O–H groups in total. The van der Waals surface area contributed by atoms with Gasteiger partial charge in [0.15, 0.2) is 0 Å². The van der Waals surface area contributed by atoms with Crippen LogP contribution in [0.1, 0.15) is 16.5 Å². The Balaban J connectivity index is 2.08. The maximum absolute atomic E-state index is 12.1. The summed E-state index contributed by atoms with van der Waals surface area (Å²) in [7, 11) is 0. The second-order valence-electron chi connectivity index (χ2n) is 3.88. The Labute approximate surface area is 118 Å². The highest BCUT2D eigenvalue weighted by molar-refractivity contribution is 7.16. The standard InChI is InChI=1S/C13H11ClF2O2S/c14-12-5-4-10(19-12)7-11(17)8-2-1-3-9(6-8)18-13(15)16/h1-6,11,13,17H,7H2. The van der Waals surface area contributed by atoms with E-state index in [2.05, 4.69) is 4.74 Å². The minimum absolute atomic E-state index is 0.0377. The predicted molar refractivity (Wildman–Crippen MR) is 71.1 cm³/mol. The average molecular weight is 305 g/mol. The summed E-state index contributed by atoms with van der Waals surface area (Å²) in [6.07, 6.45) is -0.397. The van der Waals surface area contributed by atoms with Gasteiger partial charge in [0.2, 0.25) is 0 Å². The van der Waals surface area contributed by atoms with Gasteiger partial charge in [-0.1, -0.05) is 23.7 Å². The molecule has 0 amide bonds. The number of hydrogen-bond donors (Lipinski definition) is 1. The minimum Gasteiger partial charge on any atom is -0.435 e. The fourth-order valence-corrected chi connectivity index (χ4v) is 2.79. The summed E-state index contributed by atoms with van der Waals surface area (Å²) in [6.45, 7) is -2.87. The molecule has 1 unspecified atom stereocenters. The second-order valence-corrected chi connectivity index (χ2v) is 5.68. The Hall–Kier alpha value is -1.17. The predicted octanol–water partition coefficient (Wildman–Crippen LogP) is 4.28. The molecule has 0 saturated carbocycles. The zero-order valence-electron chi connectivity index (χ0n) is 9.72. The maximum atomic E-state index is 12.1. The van der Waals surface area contributed by atoms with Crippen molar-refractivity contribution in [3.05, 3.63) is 51.2 Å². The van der Waals surface area contributed by atoms with Crippen LogP contribution in [-0.4, -0.2) is 11.7 Å². The Kier molecular flexibility index (Phi) is 4.74. The van der Waals surface area contributed by atoms with E-state index in [1.165, 1.54) is 23.5 Å². The van der Waals surface area contributed by atoms with Crippen LogP contribution >= 0.6 is 22.9 Å². The Bertz CT molecular complexity index is 545. The molecule has 2 rings (SSSR count). The van der Waals surface area contributed by atoms with Gasteiger partial charge in [-0.2, -0.15) is 8.78 Å². The number of alkyl halides is 2. The number of hydrogen-bond acceptors (Lipinski definition) is 3. The lowest BCUT2D eigenvalue weighted by molar-refractivity contribution is -0.0499. The van der Waals surface area contributed by atoms with Crippen LogP contribution in [0.15, 0.2) is 36.4 Å². The zero-order valence-corrected chi connectivity index (χ0v) is 11.3. The third-order valence-corrected chi connectivity index (χ3v) is 3.74. The lowest BCUT2D eigenvalue weighted by Crippen LogP contribution is -2.04. The molecule has 2 aromatic rings. The molecule has 1 heterocycles. The summed E-state index contributed by atoms with van der Waals surface area (Å²) in [5.41, 5.74) is 0.530. The van der Waals surface area contributed by atoms with Gasteiger partial charge in [0.1, 0.15) is 5.75 Å². The van der Waals surface area contributed by atoms with Crippen molar-refractivity contribution in [2.45, 2.75) is 19.1 Å². The largest absolute Gasteiger partial charge is 0.435 e. The van der Waals surface area contributed by atoms with Crippen molar-refractivity contribution in [1.29, 1.82) is 0 Å². The highest BCUT2D eigenvalue weighted by Gasteiger charge is 2.12. The number of benzene rings is 1. The quantitative estimate of drug-likeness (QED) is 0.893. The van der Waals surface area contributed by atoms with Crippen molar-refractivity contribution in [1.82, 2.24) is 0 Å². The van der Waals surface area contributed by atoms with E-state index in [1.54, 1.807) is 18.2 Å². The van der Waals surface area contributed by atoms with E-state index in [9.17, 15) is 13.9 Å². The lowest BCUT2D eigenvalue weighted by atomic mass is 10.1. The smallest absolute Gasteiger partial charge is 0.387 e. The molecule has 0 aliphatic rings. The van der Waals surface area contributed by atoms with Crippen LogP contribution < -0.4 is 4.74 Å². The summed E-state index contributed by atoms with van der Waals surface area (Å²) < 4.78 is 29.2. The first kappa shape index (κ1) is 14.2. The molecule has 0 bridgehead atoms. The monoisotopic (exact) mass is 304 g/mol. The molecule has 0 radical (unpaired) electrons. The van der Waals surface area contributed by atoms with Crippen LogP contribution in [-0.2, 0) is 6.42 Å². The van der Waals surface area contributed by atoms with Gasteiger partial charge in [-0.15, -0.1) is 11.3 Å². The number of halogens is 3. The summed E-state index contributed by atoms with van der Waals surface area (Å²) >= 11 is 7.19. The lowest BCUT2D eigenvalue weighted by Gasteiger charge is -2.11. The first-order valence-corrected chi connectivity index (χ1v) is 6.71. The van der Waals surface area contributed by atoms with Gasteiger partial charge in [-0.25, -0.2) is 0 Å². The van der Waals surface area contributed by atoms with Crippen molar-refractivity contribution < 1.29 is 18.6 Å². The van der Waals surface area contributed by atoms with Gasteiger partial charge in [-0.3, -0.25) is 0 Å². The van der Waals surface area contributed by atoms with Crippen molar-refractivity contribution >= 4 is 22.9 Å².